The van der Waals surface area contributed by atoms with E-state index in [1.54, 1.807) is 70.2 Å². The SMILES string of the molecule is COc1ccc(NC(=O)C(C)Oc2ccccc2Cl)cc1NC(=O)OC(C)(C)C. The van der Waals surface area contributed by atoms with Gasteiger partial charge in [0.25, 0.3) is 5.91 Å². The van der Waals surface area contributed by atoms with Crippen LogP contribution in [0.3, 0.4) is 0 Å². The Bertz CT molecular complexity index is 880. The molecule has 2 aromatic carbocycles. The molecule has 2 N–H and O–H groups in total. The molecule has 0 fully saturated rings. The predicted molar refractivity (Wildman–Crippen MR) is 113 cm³/mol. The number of ether oxygens (including phenoxy) is 3. The molecule has 0 bridgehead atoms. The summed E-state index contributed by atoms with van der Waals surface area (Å²) in [6.07, 6.45) is -1.42. The average Bonchev–Trinajstić information content (AvgIpc) is 2.62. The average molecular weight is 421 g/mol. The Kier molecular flexibility index (Phi) is 7.34. The normalized spacial score (nSPS) is 11.9. The largest absolute Gasteiger partial charge is 0.495 e. The summed E-state index contributed by atoms with van der Waals surface area (Å²) in [6, 6.07) is 11.8. The summed E-state index contributed by atoms with van der Waals surface area (Å²) in [6.45, 7) is 6.91. The van der Waals surface area contributed by atoms with Crippen LogP contribution < -0.4 is 20.1 Å². The van der Waals surface area contributed by atoms with Gasteiger partial charge in [0, 0.05) is 5.69 Å². The summed E-state index contributed by atoms with van der Waals surface area (Å²) in [4.78, 5) is 24.5. The standard InChI is InChI=1S/C21H25ClN2O5/c1-13(28-17-9-7-6-8-15(17)22)19(25)23-14-10-11-18(27-5)16(12-14)24-20(26)29-21(2,3)4/h6-13H,1-5H3,(H,23,25)(H,24,26). The molecule has 0 aliphatic heterocycles. The predicted octanol–water partition coefficient (Wildman–Crippen LogP) is 5.10. The van der Waals surface area contributed by atoms with E-state index >= 15 is 0 Å². The summed E-state index contributed by atoms with van der Waals surface area (Å²) >= 11 is 6.06. The van der Waals surface area contributed by atoms with Crippen molar-refractivity contribution < 1.29 is 23.8 Å². The van der Waals surface area contributed by atoms with Crippen LogP contribution in [0.25, 0.3) is 0 Å². The van der Waals surface area contributed by atoms with Gasteiger partial charge in [-0.2, -0.15) is 0 Å². The van der Waals surface area contributed by atoms with Gasteiger partial charge < -0.3 is 19.5 Å². The first kappa shape index (κ1) is 22.4. The summed E-state index contributed by atoms with van der Waals surface area (Å²) < 4.78 is 16.1. The molecule has 8 heteroatoms. The summed E-state index contributed by atoms with van der Waals surface area (Å²) in [5.41, 5.74) is 0.171. The number of benzene rings is 2. The van der Waals surface area contributed by atoms with E-state index in [4.69, 9.17) is 25.8 Å². The summed E-state index contributed by atoms with van der Waals surface area (Å²) in [5.74, 6) is 0.464. The minimum atomic E-state index is -0.792. The Hall–Kier alpha value is -2.93. The number of hydrogen-bond acceptors (Lipinski definition) is 5. The van der Waals surface area contributed by atoms with Crippen LogP contribution in [-0.2, 0) is 9.53 Å². The number of rotatable bonds is 6. The van der Waals surface area contributed by atoms with Crippen LogP contribution in [0.15, 0.2) is 42.5 Å². The van der Waals surface area contributed by atoms with Crippen molar-refractivity contribution in [3.63, 3.8) is 0 Å². The molecular weight excluding hydrogens is 396 g/mol. The maximum absolute atomic E-state index is 12.5. The molecule has 0 spiro atoms. The van der Waals surface area contributed by atoms with Gasteiger partial charge in [0.1, 0.15) is 17.1 Å². The van der Waals surface area contributed by atoms with Gasteiger partial charge in [0.15, 0.2) is 6.10 Å². The van der Waals surface area contributed by atoms with E-state index in [2.05, 4.69) is 10.6 Å². The van der Waals surface area contributed by atoms with Gasteiger partial charge in [-0.3, -0.25) is 10.1 Å². The van der Waals surface area contributed by atoms with Crippen molar-refractivity contribution in [1.29, 1.82) is 0 Å². The van der Waals surface area contributed by atoms with E-state index in [1.807, 2.05) is 0 Å². The first-order valence-corrected chi connectivity index (χ1v) is 9.37. The fourth-order valence-electron chi connectivity index (χ4n) is 2.33. The Morgan fingerprint density at radius 1 is 1.03 bits per heavy atom. The van der Waals surface area contributed by atoms with E-state index in [9.17, 15) is 9.59 Å². The van der Waals surface area contributed by atoms with Crippen molar-refractivity contribution >= 4 is 35.0 Å². The molecule has 0 heterocycles. The van der Waals surface area contributed by atoms with Crippen molar-refractivity contribution in [2.45, 2.75) is 39.4 Å². The zero-order valence-electron chi connectivity index (χ0n) is 17.0. The maximum Gasteiger partial charge on any atom is 0.412 e. The molecule has 156 valence electrons. The third-order valence-electron chi connectivity index (χ3n) is 3.61. The highest BCUT2D eigenvalue weighted by molar-refractivity contribution is 6.32. The number of para-hydroxylation sites is 1. The second-order valence-electron chi connectivity index (χ2n) is 7.22. The maximum atomic E-state index is 12.5. The summed E-state index contributed by atoms with van der Waals surface area (Å²) in [7, 11) is 1.48. The zero-order valence-corrected chi connectivity index (χ0v) is 17.8. The Morgan fingerprint density at radius 2 is 1.72 bits per heavy atom. The zero-order chi connectivity index (χ0) is 21.6. The van der Waals surface area contributed by atoms with E-state index in [0.717, 1.165) is 0 Å². The number of amides is 2. The van der Waals surface area contributed by atoms with Gasteiger partial charge in [-0.1, -0.05) is 23.7 Å². The molecule has 0 radical (unpaired) electrons. The second kappa shape index (κ2) is 9.52. The highest BCUT2D eigenvalue weighted by Crippen LogP contribution is 2.29. The van der Waals surface area contributed by atoms with Gasteiger partial charge in [-0.05, 0) is 58.0 Å². The van der Waals surface area contributed by atoms with Crippen LogP contribution in [-0.4, -0.2) is 30.8 Å². The Morgan fingerprint density at radius 3 is 2.34 bits per heavy atom. The molecule has 2 rings (SSSR count). The molecule has 2 aromatic rings. The molecule has 7 nitrogen and oxygen atoms in total. The van der Waals surface area contributed by atoms with Crippen LogP contribution in [0.4, 0.5) is 16.2 Å². The first-order valence-electron chi connectivity index (χ1n) is 8.99. The minimum Gasteiger partial charge on any atom is -0.495 e. The topological polar surface area (TPSA) is 85.9 Å². The highest BCUT2D eigenvalue weighted by atomic mass is 35.5. The van der Waals surface area contributed by atoms with Crippen LogP contribution in [0.1, 0.15) is 27.7 Å². The molecule has 2 amide bonds. The Labute approximate surface area is 175 Å². The van der Waals surface area contributed by atoms with Gasteiger partial charge in [-0.25, -0.2) is 4.79 Å². The van der Waals surface area contributed by atoms with Crippen LogP contribution >= 0.6 is 11.6 Å². The van der Waals surface area contributed by atoms with Crippen LogP contribution in [0.2, 0.25) is 5.02 Å². The smallest absolute Gasteiger partial charge is 0.412 e. The molecule has 0 saturated carbocycles. The molecule has 1 unspecified atom stereocenters. The highest BCUT2D eigenvalue weighted by Gasteiger charge is 2.19. The first-order chi connectivity index (χ1) is 13.6. The lowest BCUT2D eigenvalue weighted by molar-refractivity contribution is -0.122. The number of nitrogens with one attached hydrogen (secondary N) is 2. The number of carbonyl (C=O) groups excluding carboxylic acids is 2. The monoisotopic (exact) mass is 420 g/mol. The number of anilines is 2. The van der Waals surface area contributed by atoms with Gasteiger partial charge in [0.2, 0.25) is 0 Å². The van der Waals surface area contributed by atoms with Crippen molar-refractivity contribution in [2.24, 2.45) is 0 Å². The van der Waals surface area contributed by atoms with E-state index in [1.165, 1.54) is 7.11 Å². The third kappa shape index (κ3) is 6.87. The number of hydrogen-bond donors (Lipinski definition) is 2. The molecule has 1 atom stereocenters. The summed E-state index contributed by atoms with van der Waals surface area (Å²) in [5, 5.41) is 5.78. The quantitative estimate of drug-likeness (QED) is 0.678. The Balaban J connectivity index is 2.09. The third-order valence-corrected chi connectivity index (χ3v) is 3.92. The van der Waals surface area contributed by atoms with E-state index in [0.29, 0.717) is 27.9 Å². The van der Waals surface area contributed by atoms with Crippen LogP contribution in [0, 0.1) is 0 Å². The lowest BCUT2D eigenvalue weighted by atomic mass is 10.2. The fourth-order valence-corrected chi connectivity index (χ4v) is 2.51. The van der Waals surface area contributed by atoms with Crippen molar-refractivity contribution in [3.8, 4) is 11.5 Å². The van der Waals surface area contributed by atoms with Gasteiger partial charge in [0.05, 0.1) is 17.8 Å². The number of halogens is 1. The molecule has 0 saturated heterocycles. The number of methoxy groups -OCH3 is 1. The minimum absolute atomic E-state index is 0.360. The van der Waals surface area contributed by atoms with E-state index < -0.39 is 17.8 Å². The molecule has 29 heavy (non-hydrogen) atoms. The second-order valence-corrected chi connectivity index (χ2v) is 7.63. The van der Waals surface area contributed by atoms with Gasteiger partial charge >= 0.3 is 6.09 Å². The van der Waals surface area contributed by atoms with E-state index in [-0.39, 0.29) is 5.91 Å². The van der Waals surface area contributed by atoms with Crippen molar-refractivity contribution in [1.82, 2.24) is 0 Å². The molecule has 0 aliphatic rings. The fraction of sp³-hybridized carbons (Fsp3) is 0.333. The lowest BCUT2D eigenvalue weighted by Gasteiger charge is -2.20. The van der Waals surface area contributed by atoms with Crippen molar-refractivity contribution in [3.05, 3.63) is 47.5 Å². The molecule has 0 aromatic heterocycles. The lowest BCUT2D eigenvalue weighted by Crippen LogP contribution is -2.30. The molecule has 0 aliphatic carbocycles. The number of carbonyl (C=O) groups is 2. The van der Waals surface area contributed by atoms with Crippen LogP contribution in [0.5, 0.6) is 11.5 Å². The van der Waals surface area contributed by atoms with Gasteiger partial charge in [-0.15, -0.1) is 0 Å². The molecular formula is C21H25ClN2O5. The van der Waals surface area contributed by atoms with Crippen molar-refractivity contribution in [2.75, 3.05) is 17.7 Å².